The van der Waals surface area contributed by atoms with Crippen molar-refractivity contribution in [3.05, 3.63) is 71.4 Å². The molecule has 0 aliphatic heterocycles. The summed E-state index contributed by atoms with van der Waals surface area (Å²) in [5.41, 5.74) is -0.0764. The van der Waals surface area contributed by atoms with E-state index in [-0.39, 0.29) is 26.8 Å². The Balaban J connectivity index is 1.72. The molecule has 0 radical (unpaired) electrons. The predicted molar refractivity (Wildman–Crippen MR) is 126 cm³/mol. The smallest absolute Gasteiger partial charge is 0.412 e. The highest BCUT2D eigenvalue weighted by atomic mass is 32.2. The van der Waals surface area contributed by atoms with Crippen LogP contribution in [0.5, 0.6) is 0 Å². The van der Waals surface area contributed by atoms with Crippen LogP contribution in [0.25, 0.3) is 0 Å². The molecule has 8 nitrogen and oxygen atoms in total. The SMILES string of the molecule is CC(C)(C)OC(=O)Nc1ccc(F)cc1NC(=O)c1ccc(NS(=O)(=O)c2cccs2)cc1. The van der Waals surface area contributed by atoms with Gasteiger partial charge >= 0.3 is 6.09 Å². The standard InChI is InChI=1S/C22H22FN3O5S2/c1-22(2,3)31-21(28)25-17-11-8-15(23)13-18(17)24-20(27)14-6-9-16(10-7-14)26-33(29,30)19-5-4-12-32-19/h4-13,26H,1-3H3,(H,24,27)(H,25,28). The fraction of sp³-hybridized carbons (Fsp3) is 0.182. The van der Waals surface area contributed by atoms with Gasteiger partial charge in [0.05, 0.1) is 11.4 Å². The first-order valence-electron chi connectivity index (χ1n) is 9.70. The largest absolute Gasteiger partial charge is 0.444 e. The number of thiophene rings is 1. The van der Waals surface area contributed by atoms with Crippen molar-refractivity contribution in [2.75, 3.05) is 15.4 Å². The molecule has 3 rings (SSSR count). The number of carbonyl (C=O) groups is 2. The van der Waals surface area contributed by atoms with Crippen LogP contribution in [0.1, 0.15) is 31.1 Å². The molecule has 11 heteroatoms. The van der Waals surface area contributed by atoms with Crippen LogP contribution in [-0.2, 0) is 14.8 Å². The minimum Gasteiger partial charge on any atom is -0.444 e. The fourth-order valence-corrected chi connectivity index (χ4v) is 4.70. The summed E-state index contributed by atoms with van der Waals surface area (Å²) in [6, 6.07) is 12.3. The molecule has 0 aliphatic rings. The van der Waals surface area contributed by atoms with Crippen LogP contribution < -0.4 is 15.4 Å². The van der Waals surface area contributed by atoms with E-state index in [9.17, 15) is 22.4 Å². The zero-order chi connectivity index (χ0) is 24.2. The van der Waals surface area contributed by atoms with Gasteiger partial charge < -0.3 is 10.1 Å². The van der Waals surface area contributed by atoms with E-state index in [4.69, 9.17) is 4.74 Å². The summed E-state index contributed by atoms with van der Waals surface area (Å²) in [5, 5.41) is 6.67. The number of rotatable bonds is 6. The van der Waals surface area contributed by atoms with Crippen molar-refractivity contribution in [1.29, 1.82) is 0 Å². The molecule has 2 aromatic carbocycles. The number of nitrogens with one attached hydrogen (secondary N) is 3. The molecule has 3 N–H and O–H groups in total. The number of ether oxygens (including phenoxy) is 1. The number of amides is 2. The van der Waals surface area contributed by atoms with Crippen molar-refractivity contribution in [3.8, 4) is 0 Å². The molecular weight excluding hydrogens is 469 g/mol. The van der Waals surface area contributed by atoms with Gasteiger partial charge in [0.15, 0.2) is 0 Å². The van der Waals surface area contributed by atoms with Crippen LogP contribution >= 0.6 is 11.3 Å². The highest BCUT2D eigenvalue weighted by Gasteiger charge is 2.19. The summed E-state index contributed by atoms with van der Waals surface area (Å²) in [4.78, 5) is 24.7. The molecule has 0 fully saturated rings. The number of hydrogen-bond donors (Lipinski definition) is 3. The summed E-state index contributed by atoms with van der Waals surface area (Å²) < 4.78 is 46.2. The lowest BCUT2D eigenvalue weighted by molar-refractivity contribution is 0.0635. The Hall–Kier alpha value is -3.44. The van der Waals surface area contributed by atoms with Crippen LogP contribution in [0.3, 0.4) is 0 Å². The second kappa shape index (κ2) is 9.59. The lowest BCUT2D eigenvalue weighted by Crippen LogP contribution is -2.27. The van der Waals surface area contributed by atoms with Crippen molar-refractivity contribution < 1.29 is 27.1 Å². The maximum atomic E-state index is 13.8. The lowest BCUT2D eigenvalue weighted by atomic mass is 10.2. The molecule has 0 spiro atoms. The van der Waals surface area contributed by atoms with Gasteiger partial charge in [-0.15, -0.1) is 11.3 Å². The normalized spacial score (nSPS) is 11.5. The van der Waals surface area contributed by atoms with Gasteiger partial charge in [0, 0.05) is 11.3 Å². The molecule has 33 heavy (non-hydrogen) atoms. The van der Waals surface area contributed by atoms with Crippen LogP contribution in [0, 0.1) is 5.82 Å². The summed E-state index contributed by atoms with van der Waals surface area (Å²) >= 11 is 1.08. The lowest BCUT2D eigenvalue weighted by Gasteiger charge is -2.20. The van der Waals surface area contributed by atoms with Gasteiger partial charge in [0.1, 0.15) is 15.6 Å². The van der Waals surface area contributed by atoms with Gasteiger partial charge in [-0.05, 0) is 74.7 Å². The average Bonchev–Trinajstić information content (AvgIpc) is 3.25. The zero-order valence-corrected chi connectivity index (χ0v) is 19.6. The summed E-state index contributed by atoms with van der Waals surface area (Å²) in [7, 11) is -3.71. The van der Waals surface area contributed by atoms with Gasteiger partial charge in [-0.1, -0.05) is 6.07 Å². The van der Waals surface area contributed by atoms with Crippen LogP contribution in [-0.4, -0.2) is 26.0 Å². The molecule has 1 aromatic heterocycles. The van der Waals surface area contributed by atoms with Gasteiger partial charge in [-0.25, -0.2) is 17.6 Å². The molecule has 2 amide bonds. The Kier molecular flexibility index (Phi) is 7.04. The van der Waals surface area contributed by atoms with Crippen molar-refractivity contribution >= 4 is 50.4 Å². The van der Waals surface area contributed by atoms with Crippen LogP contribution in [0.2, 0.25) is 0 Å². The van der Waals surface area contributed by atoms with Crippen LogP contribution in [0.4, 0.5) is 26.2 Å². The molecule has 0 saturated carbocycles. The first kappa shape index (κ1) is 24.2. The Morgan fingerprint density at radius 3 is 2.27 bits per heavy atom. The second-order valence-corrected chi connectivity index (χ2v) is 10.7. The van der Waals surface area contributed by atoms with Crippen LogP contribution in [0.15, 0.2) is 64.2 Å². The number of anilines is 3. The number of halogens is 1. The Labute approximate surface area is 194 Å². The molecule has 0 atom stereocenters. The molecule has 3 aromatic rings. The van der Waals surface area contributed by atoms with Crippen molar-refractivity contribution in [3.63, 3.8) is 0 Å². The average molecular weight is 492 g/mol. The van der Waals surface area contributed by atoms with E-state index in [2.05, 4.69) is 15.4 Å². The third-order valence-corrected chi connectivity index (χ3v) is 6.80. The third kappa shape index (κ3) is 6.77. The highest BCUT2D eigenvalue weighted by molar-refractivity contribution is 7.94. The van der Waals surface area contributed by atoms with E-state index < -0.39 is 33.4 Å². The Morgan fingerprint density at radius 2 is 1.67 bits per heavy atom. The Morgan fingerprint density at radius 1 is 0.970 bits per heavy atom. The predicted octanol–water partition coefficient (Wildman–Crippen LogP) is 5.29. The quantitative estimate of drug-likeness (QED) is 0.434. The van der Waals surface area contributed by atoms with Crippen molar-refractivity contribution in [2.24, 2.45) is 0 Å². The monoisotopic (exact) mass is 491 g/mol. The minimum absolute atomic E-state index is 0.0355. The first-order chi connectivity index (χ1) is 15.4. The van der Waals surface area contributed by atoms with E-state index in [1.54, 1.807) is 32.2 Å². The van der Waals surface area contributed by atoms with E-state index >= 15 is 0 Å². The molecule has 174 valence electrons. The van der Waals surface area contributed by atoms with E-state index in [1.165, 1.54) is 36.4 Å². The topological polar surface area (TPSA) is 114 Å². The maximum Gasteiger partial charge on any atom is 0.412 e. The van der Waals surface area contributed by atoms with Gasteiger partial charge in [-0.2, -0.15) is 0 Å². The second-order valence-electron chi connectivity index (χ2n) is 7.89. The van der Waals surface area contributed by atoms with E-state index in [1.807, 2.05) is 0 Å². The molecule has 1 heterocycles. The van der Waals surface area contributed by atoms with E-state index in [0.717, 1.165) is 23.5 Å². The Bertz CT molecular complexity index is 1250. The summed E-state index contributed by atoms with van der Waals surface area (Å²) in [6.45, 7) is 5.10. The number of sulfonamides is 1. The van der Waals surface area contributed by atoms with Crippen molar-refractivity contribution in [2.45, 2.75) is 30.6 Å². The number of carbonyl (C=O) groups excluding carboxylic acids is 2. The fourth-order valence-electron chi connectivity index (χ4n) is 2.65. The maximum absolute atomic E-state index is 13.8. The number of hydrogen-bond acceptors (Lipinski definition) is 6. The van der Waals surface area contributed by atoms with Crippen molar-refractivity contribution in [1.82, 2.24) is 0 Å². The zero-order valence-electron chi connectivity index (χ0n) is 18.0. The third-order valence-electron chi connectivity index (χ3n) is 4.02. The van der Waals surface area contributed by atoms with Gasteiger partial charge in [0.25, 0.3) is 15.9 Å². The summed E-state index contributed by atoms with van der Waals surface area (Å²) in [5.74, 6) is -1.20. The molecule has 0 saturated heterocycles. The first-order valence-corrected chi connectivity index (χ1v) is 12.1. The highest BCUT2D eigenvalue weighted by Crippen LogP contribution is 2.25. The summed E-state index contributed by atoms with van der Waals surface area (Å²) in [6.07, 6.45) is -0.757. The number of benzene rings is 2. The molecule has 0 bridgehead atoms. The molecule has 0 unspecified atom stereocenters. The molecule has 0 aliphatic carbocycles. The van der Waals surface area contributed by atoms with Gasteiger partial charge in [0.2, 0.25) is 0 Å². The minimum atomic E-state index is -3.71. The van der Waals surface area contributed by atoms with E-state index in [0.29, 0.717) is 0 Å². The molecular formula is C22H22FN3O5S2. The van der Waals surface area contributed by atoms with Gasteiger partial charge in [-0.3, -0.25) is 14.8 Å².